The van der Waals surface area contributed by atoms with Gasteiger partial charge in [0, 0.05) is 13.7 Å². The van der Waals surface area contributed by atoms with Crippen molar-refractivity contribution in [1.82, 2.24) is 0 Å². The maximum absolute atomic E-state index is 10.5. The SMILES string of the molecule is CCCC1CCCC(O)(CCCOC)CC1. The summed E-state index contributed by atoms with van der Waals surface area (Å²) in [5.41, 5.74) is -0.388. The van der Waals surface area contributed by atoms with E-state index in [2.05, 4.69) is 6.92 Å². The van der Waals surface area contributed by atoms with Crippen molar-refractivity contribution in [2.45, 2.75) is 70.3 Å². The zero-order chi connectivity index (χ0) is 11.9. The molecule has 0 aromatic carbocycles. The summed E-state index contributed by atoms with van der Waals surface area (Å²) in [6, 6.07) is 0. The standard InChI is InChI=1S/C14H28O2/c1-3-6-13-7-4-9-14(15,11-8-13)10-5-12-16-2/h13,15H,3-12H2,1-2H3. The normalized spacial score (nSPS) is 31.3. The maximum Gasteiger partial charge on any atom is 0.0648 e. The average Bonchev–Trinajstić information content (AvgIpc) is 2.43. The fraction of sp³-hybridized carbons (Fsp3) is 1.00. The van der Waals surface area contributed by atoms with Gasteiger partial charge in [0.25, 0.3) is 0 Å². The van der Waals surface area contributed by atoms with E-state index in [4.69, 9.17) is 4.74 Å². The molecule has 0 bridgehead atoms. The molecule has 1 N–H and O–H groups in total. The quantitative estimate of drug-likeness (QED) is 0.557. The number of ether oxygens (including phenoxy) is 1. The Morgan fingerprint density at radius 2 is 2.12 bits per heavy atom. The minimum atomic E-state index is -0.388. The Labute approximate surface area is 100 Å². The summed E-state index contributed by atoms with van der Waals surface area (Å²) >= 11 is 0. The molecule has 0 saturated heterocycles. The summed E-state index contributed by atoms with van der Waals surface area (Å²) in [6.07, 6.45) is 10.3. The molecule has 1 saturated carbocycles. The molecule has 0 amide bonds. The van der Waals surface area contributed by atoms with Gasteiger partial charge in [-0.2, -0.15) is 0 Å². The topological polar surface area (TPSA) is 29.5 Å². The van der Waals surface area contributed by atoms with Crippen LogP contribution >= 0.6 is 0 Å². The van der Waals surface area contributed by atoms with E-state index < -0.39 is 0 Å². The van der Waals surface area contributed by atoms with Crippen molar-refractivity contribution in [2.24, 2.45) is 5.92 Å². The lowest BCUT2D eigenvalue weighted by molar-refractivity contribution is 0.00762. The third kappa shape index (κ3) is 4.84. The third-order valence-corrected chi connectivity index (χ3v) is 3.96. The smallest absolute Gasteiger partial charge is 0.0648 e. The van der Waals surface area contributed by atoms with Gasteiger partial charge in [-0.15, -0.1) is 0 Å². The van der Waals surface area contributed by atoms with Crippen LogP contribution in [0, 0.1) is 5.92 Å². The average molecular weight is 228 g/mol. The van der Waals surface area contributed by atoms with E-state index in [0.717, 1.165) is 38.2 Å². The summed E-state index contributed by atoms with van der Waals surface area (Å²) in [6.45, 7) is 3.04. The van der Waals surface area contributed by atoms with Crippen molar-refractivity contribution in [3.05, 3.63) is 0 Å². The largest absolute Gasteiger partial charge is 0.390 e. The van der Waals surface area contributed by atoms with Crippen LogP contribution in [-0.4, -0.2) is 24.4 Å². The van der Waals surface area contributed by atoms with Gasteiger partial charge in [-0.1, -0.05) is 32.6 Å². The van der Waals surface area contributed by atoms with E-state index in [1.165, 1.54) is 32.1 Å². The number of hydrogen-bond acceptors (Lipinski definition) is 2. The summed E-state index contributed by atoms with van der Waals surface area (Å²) < 4.78 is 5.06. The van der Waals surface area contributed by atoms with Crippen LogP contribution in [0.4, 0.5) is 0 Å². The first-order valence-electron chi connectivity index (χ1n) is 6.91. The Morgan fingerprint density at radius 1 is 1.31 bits per heavy atom. The Morgan fingerprint density at radius 3 is 2.81 bits per heavy atom. The fourth-order valence-electron chi connectivity index (χ4n) is 2.95. The minimum absolute atomic E-state index is 0.388. The lowest BCUT2D eigenvalue weighted by Crippen LogP contribution is -2.28. The van der Waals surface area contributed by atoms with Gasteiger partial charge in [-0.25, -0.2) is 0 Å². The molecule has 2 heteroatoms. The van der Waals surface area contributed by atoms with Crippen molar-refractivity contribution in [3.63, 3.8) is 0 Å². The number of aliphatic hydroxyl groups is 1. The van der Waals surface area contributed by atoms with E-state index in [-0.39, 0.29) is 5.60 Å². The minimum Gasteiger partial charge on any atom is -0.390 e. The molecule has 0 aromatic heterocycles. The van der Waals surface area contributed by atoms with E-state index in [1.54, 1.807) is 7.11 Å². The summed E-state index contributed by atoms with van der Waals surface area (Å²) in [5, 5.41) is 10.5. The van der Waals surface area contributed by atoms with E-state index >= 15 is 0 Å². The highest BCUT2D eigenvalue weighted by Gasteiger charge is 2.29. The second kappa shape index (κ2) is 7.29. The van der Waals surface area contributed by atoms with Gasteiger partial charge in [-0.05, 0) is 38.0 Å². The van der Waals surface area contributed by atoms with Crippen LogP contribution in [0.1, 0.15) is 64.7 Å². The molecule has 0 heterocycles. The molecule has 2 unspecified atom stereocenters. The Hall–Kier alpha value is -0.0800. The number of methoxy groups -OCH3 is 1. The molecule has 0 aromatic rings. The number of hydrogen-bond donors (Lipinski definition) is 1. The second-order valence-corrected chi connectivity index (χ2v) is 5.41. The molecule has 96 valence electrons. The molecule has 2 atom stereocenters. The van der Waals surface area contributed by atoms with Gasteiger partial charge in [0.05, 0.1) is 5.60 Å². The van der Waals surface area contributed by atoms with Crippen molar-refractivity contribution < 1.29 is 9.84 Å². The van der Waals surface area contributed by atoms with Crippen molar-refractivity contribution in [1.29, 1.82) is 0 Å². The molecule has 2 nitrogen and oxygen atoms in total. The fourth-order valence-corrected chi connectivity index (χ4v) is 2.95. The van der Waals surface area contributed by atoms with Crippen molar-refractivity contribution >= 4 is 0 Å². The molecule has 0 radical (unpaired) electrons. The molecular weight excluding hydrogens is 200 g/mol. The highest BCUT2D eigenvalue weighted by atomic mass is 16.5. The van der Waals surface area contributed by atoms with Gasteiger partial charge in [0.2, 0.25) is 0 Å². The highest BCUT2D eigenvalue weighted by molar-refractivity contribution is 4.83. The van der Waals surface area contributed by atoms with Gasteiger partial charge < -0.3 is 9.84 Å². The van der Waals surface area contributed by atoms with Crippen molar-refractivity contribution in [3.8, 4) is 0 Å². The van der Waals surface area contributed by atoms with Crippen molar-refractivity contribution in [2.75, 3.05) is 13.7 Å². The zero-order valence-electron chi connectivity index (χ0n) is 11.0. The molecule has 1 fully saturated rings. The van der Waals surface area contributed by atoms with Crippen LogP contribution in [0.25, 0.3) is 0 Å². The molecule has 1 aliphatic carbocycles. The molecule has 0 spiro atoms. The van der Waals surface area contributed by atoms with E-state index in [0.29, 0.717) is 0 Å². The van der Waals surface area contributed by atoms with Crippen LogP contribution in [-0.2, 0) is 4.74 Å². The number of rotatable bonds is 6. The first-order valence-corrected chi connectivity index (χ1v) is 6.91. The lowest BCUT2D eigenvalue weighted by Gasteiger charge is -2.26. The summed E-state index contributed by atoms with van der Waals surface area (Å²) in [5.74, 6) is 0.862. The predicted octanol–water partition coefficient (Wildman–Crippen LogP) is 3.52. The predicted molar refractivity (Wildman–Crippen MR) is 67.5 cm³/mol. The summed E-state index contributed by atoms with van der Waals surface area (Å²) in [4.78, 5) is 0. The van der Waals surface area contributed by atoms with Gasteiger partial charge in [-0.3, -0.25) is 0 Å². The first kappa shape index (κ1) is 14.0. The van der Waals surface area contributed by atoms with E-state index in [1.807, 2.05) is 0 Å². The molecule has 1 aliphatic rings. The monoisotopic (exact) mass is 228 g/mol. The Balaban J connectivity index is 2.32. The van der Waals surface area contributed by atoms with Crippen LogP contribution in [0.3, 0.4) is 0 Å². The van der Waals surface area contributed by atoms with Crippen LogP contribution < -0.4 is 0 Å². The van der Waals surface area contributed by atoms with Crippen LogP contribution in [0.5, 0.6) is 0 Å². The molecule has 1 rings (SSSR count). The Kier molecular flexibility index (Phi) is 6.37. The Bertz CT molecular complexity index is 182. The molecular formula is C14H28O2. The first-order chi connectivity index (χ1) is 7.70. The van der Waals surface area contributed by atoms with E-state index in [9.17, 15) is 5.11 Å². The second-order valence-electron chi connectivity index (χ2n) is 5.41. The zero-order valence-corrected chi connectivity index (χ0v) is 11.0. The molecule has 16 heavy (non-hydrogen) atoms. The van der Waals surface area contributed by atoms with Gasteiger partial charge >= 0.3 is 0 Å². The lowest BCUT2D eigenvalue weighted by atomic mass is 9.88. The van der Waals surface area contributed by atoms with Gasteiger partial charge in [0.1, 0.15) is 0 Å². The van der Waals surface area contributed by atoms with Crippen LogP contribution in [0.15, 0.2) is 0 Å². The summed E-state index contributed by atoms with van der Waals surface area (Å²) in [7, 11) is 1.73. The van der Waals surface area contributed by atoms with Crippen LogP contribution in [0.2, 0.25) is 0 Å². The highest BCUT2D eigenvalue weighted by Crippen LogP contribution is 2.35. The molecule has 0 aliphatic heterocycles. The third-order valence-electron chi connectivity index (χ3n) is 3.96. The maximum atomic E-state index is 10.5. The van der Waals surface area contributed by atoms with Gasteiger partial charge in [0.15, 0.2) is 0 Å².